The van der Waals surface area contributed by atoms with E-state index in [0.717, 1.165) is 0 Å². The van der Waals surface area contributed by atoms with Crippen molar-refractivity contribution < 1.29 is 15.0 Å². The van der Waals surface area contributed by atoms with E-state index in [4.69, 9.17) is 5.11 Å². The van der Waals surface area contributed by atoms with E-state index in [9.17, 15) is 9.90 Å². The molecule has 0 amide bonds. The number of phenolic OH excluding ortho intramolecular Hbond substituents is 2. The average molecular weight is 180 g/mol. The SMILES string of the molecule is CC(=O)CCc1ccc(O)cc1O. The van der Waals surface area contributed by atoms with Gasteiger partial charge < -0.3 is 15.0 Å². The van der Waals surface area contributed by atoms with Crippen LogP contribution >= 0.6 is 0 Å². The van der Waals surface area contributed by atoms with Crippen molar-refractivity contribution in [1.29, 1.82) is 0 Å². The highest BCUT2D eigenvalue weighted by Crippen LogP contribution is 2.23. The monoisotopic (exact) mass is 180 g/mol. The van der Waals surface area contributed by atoms with E-state index in [2.05, 4.69) is 0 Å². The molecule has 1 aromatic carbocycles. The van der Waals surface area contributed by atoms with Crippen molar-refractivity contribution in [3.63, 3.8) is 0 Å². The molecule has 0 fully saturated rings. The highest BCUT2D eigenvalue weighted by molar-refractivity contribution is 5.75. The van der Waals surface area contributed by atoms with Crippen LogP contribution in [0.3, 0.4) is 0 Å². The van der Waals surface area contributed by atoms with Crippen molar-refractivity contribution in [3.05, 3.63) is 23.8 Å². The Balaban J connectivity index is 2.72. The summed E-state index contributed by atoms with van der Waals surface area (Å²) in [5, 5.41) is 18.3. The fourth-order valence-electron chi connectivity index (χ4n) is 1.07. The quantitative estimate of drug-likeness (QED) is 0.743. The molecule has 1 rings (SSSR count). The summed E-state index contributed by atoms with van der Waals surface area (Å²) in [5.74, 6) is 0.165. The van der Waals surface area contributed by atoms with E-state index in [1.165, 1.54) is 19.1 Å². The van der Waals surface area contributed by atoms with Crippen molar-refractivity contribution in [3.8, 4) is 11.5 Å². The summed E-state index contributed by atoms with van der Waals surface area (Å²) >= 11 is 0. The maximum Gasteiger partial charge on any atom is 0.130 e. The minimum atomic E-state index is 0.0316. The number of phenols is 2. The normalized spacial score (nSPS) is 9.92. The van der Waals surface area contributed by atoms with Gasteiger partial charge in [-0.15, -0.1) is 0 Å². The molecule has 0 heterocycles. The number of carbonyl (C=O) groups is 1. The van der Waals surface area contributed by atoms with Gasteiger partial charge in [0.2, 0.25) is 0 Å². The lowest BCUT2D eigenvalue weighted by Crippen LogP contribution is -1.93. The molecule has 0 saturated carbocycles. The lowest BCUT2D eigenvalue weighted by molar-refractivity contribution is -0.116. The maximum atomic E-state index is 10.7. The molecule has 3 heteroatoms. The molecular formula is C10H12O3. The minimum absolute atomic E-state index is 0.0316. The first kappa shape index (κ1) is 9.58. The van der Waals surface area contributed by atoms with Gasteiger partial charge >= 0.3 is 0 Å². The number of Topliss-reactive ketones (excluding diaryl/α,β-unsaturated/α-hetero) is 1. The Labute approximate surface area is 76.6 Å². The first-order valence-corrected chi connectivity index (χ1v) is 4.10. The second-order valence-electron chi connectivity index (χ2n) is 3.02. The molecule has 0 spiro atoms. The van der Waals surface area contributed by atoms with Gasteiger partial charge in [-0.05, 0) is 25.0 Å². The topological polar surface area (TPSA) is 57.5 Å². The molecule has 0 bridgehead atoms. The van der Waals surface area contributed by atoms with Gasteiger partial charge in [-0.1, -0.05) is 6.07 Å². The van der Waals surface area contributed by atoms with Gasteiger partial charge in [-0.25, -0.2) is 0 Å². The fourth-order valence-corrected chi connectivity index (χ4v) is 1.07. The molecule has 0 aliphatic rings. The number of hydrogen-bond acceptors (Lipinski definition) is 3. The Morgan fingerprint density at radius 1 is 1.38 bits per heavy atom. The number of hydrogen-bond donors (Lipinski definition) is 2. The van der Waals surface area contributed by atoms with E-state index >= 15 is 0 Å². The van der Waals surface area contributed by atoms with Crippen molar-refractivity contribution in [2.45, 2.75) is 19.8 Å². The summed E-state index contributed by atoms with van der Waals surface area (Å²) in [4.78, 5) is 10.7. The van der Waals surface area contributed by atoms with Crippen LogP contribution in [0.2, 0.25) is 0 Å². The Morgan fingerprint density at radius 2 is 2.08 bits per heavy atom. The van der Waals surface area contributed by atoms with Crippen LogP contribution in [-0.4, -0.2) is 16.0 Å². The second kappa shape index (κ2) is 3.94. The van der Waals surface area contributed by atoms with Crippen LogP contribution in [0, 0.1) is 0 Å². The number of carbonyl (C=O) groups excluding carboxylic acids is 1. The van der Waals surface area contributed by atoms with Crippen LogP contribution in [-0.2, 0) is 11.2 Å². The molecule has 0 atom stereocenters. The van der Waals surface area contributed by atoms with E-state index in [1.807, 2.05) is 0 Å². The zero-order valence-electron chi connectivity index (χ0n) is 7.45. The average Bonchev–Trinajstić information content (AvgIpc) is 2.02. The first-order valence-electron chi connectivity index (χ1n) is 4.10. The minimum Gasteiger partial charge on any atom is -0.508 e. The molecule has 0 aromatic heterocycles. The van der Waals surface area contributed by atoms with Crippen LogP contribution in [0.5, 0.6) is 11.5 Å². The van der Waals surface area contributed by atoms with Crippen LogP contribution in [0.1, 0.15) is 18.9 Å². The van der Waals surface area contributed by atoms with Gasteiger partial charge in [0.05, 0.1) is 0 Å². The summed E-state index contributed by atoms with van der Waals surface area (Å²) in [7, 11) is 0. The van der Waals surface area contributed by atoms with Crippen LogP contribution in [0.4, 0.5) is 0 Å². The van der Waals surface area contributed by atoms with Crippen LogP contribution in [0.15, 0.2) is 18.2 Å². The number of benzene rings is 1. The first-order chi connectivity index (χ1) is 6.09. The highest BCUT2D eigenvalue weighted by atomic mass is 16.3. The third-order valence-corrected chi connectivity index (χ3v) is 1.82. The molecule has 0 aliphatic heterocycles. The predicted octanol–water partition coefficient (Wildman–Crippen LogP) is 1.62. The lowest BCUT2D eigenvalue weighted by atomic mass is 10.1. The summed E-state index contributed by atoms with van der Waals surface area (Å²) in [6, 6.07) is 4.39. The molecule has 0 aliphatic carbocycles. The summed E-state index contributed by atoms with van der Waals surface area (Å²) in [6.45, 7) is 1.51. The summed E-state index contributed by atoms with van der Waals surface area (Å²) in [5.41, 5.74) is 0.688. The molecule has 1 aromatic rings. The van der Waals surface area contributed by atoms with Gasteiger partial charge in [0.1, 0.15) is 17.3 Å². The predicted molar refractivity (Wildman–Crippen MR) is 48.8 cm³/mol. The van der Waals surface area contributed by atoms with Gasteiger partial charge in [-0.2, -0.15) is 0 Å². The number of ketones is 1. The maximum absolute atomic E-state index is 10.7. The number of rotatable bonds is 3. The molecular weight excluding hydrogens is 168 g/mol. The third kappa shape index (κ3) is 2.78. The number of aromatic hydroxyl groups is 2. The van der Waals surface area contributed by atoms with E-state index in [1.54, 1.807) is 6.07 Å². The van der Waals surface area contributed by atoms with Crippen LogP contribution in [0.25, 0.3) is 0 Å². The van der Waals surface area contributed by atoms with E-state index < -0.39 is 0 Å². The Bertz CT molecular complexity index is 318. The lowest BCUT2D eigenvalue weighted by Gasteiger charge is -2.02. The third-order valence-electron chi connectivity index (χ3n) is 1.82. The molecule has 2 N–H and O–H groups in total. The van der Waals surface area contributed by atoms with Crippen molar-refractivity contribution in [2.75, 3.05) is 0 Å². The Morgan fingerprint density at radius 3 is 2.62 bits per heavy atom. The standard InChI is InChI=1S/C10H12O3/c1-7(11)2-3-8-4-5-9(12)6-10(8)13/h4-6,12-13H,2-3H2,1H3. The van der Waals surface area contributed by atoms with Gasteiger partial charge in [0.25, 0.3) is 0 Å². The molecule has 0 radical (unpaired) electrons. The van der Waals surface area contributed by atoms with Gasteiger partial charge in [0.15, 0.2) is 0 Å². The van der Waals surface area contributed by atoms with E-state index in [-0.39, 0.29) is 17.3 Å². The molecule has 0 saturated heterocycles. The highest BCUT2D eigenvalue weighted by Gasteiger charge is 2.03. The van der Waals surface area contributed by atoms with Crippen LogP contribution < -0.4 is 0 Å². The van der Waals surface area contributed by atoms with Gasteiger partial charge in [-0.3, -0.25) is 0 Å². The van der Waals surface area contributed by atoms with Crippen molar-refractivity contribution in [1.82, 2.24) is 0 Å². The summed E-state index contributed by atoms with van der Waals surface area (Å²) in [6.07, 6.45) is 0.930. The van der Waals surface area contributed by atoms with Crippen molar-refractivity contribution >= 4 is 5.78 Å². The van der Waals surface area contributed by atoms with E-state index in [0.29, 0.717) is 18.4 Å². The smallest absolute Gasteiger partial charge is 0.130 e. The number of aryl methyl sites for hydroxylation is 1. The fraction of sp³-hybridized carbons (Fsp3) is 0.300. The zero-order valence-corrected chi connectivity index (χ0v) is 7.45. The Hall–Kier alpha value is -1.51. The van der Waals surface area contributed by atoms with Crippen molar-refractivity contribution in [2.24, 2.45) is 0 Å². The Kier molecular flexibility index (Phi) is 2.90. The molecule has 70 valence electrons. The molecule has 3 nitrogen and oxygen atoms in total. The largest absolute Gasteiger partial charge is 0.508 e. The summed E-state index contributed by atoms with van der Waals surface area (Å²) < 4.78 is 0. The van der Waals surface area contributed by atoms with Gasteiger partial charge in [0, 0.05) is 12.5 Å². The second-order valence-corrected chi connectivity index (χ2v) is 3.02. The molecule has 0 unspecified atom stereocenters. The zero-order chi connectivity index (χ0) is 9.84. The molecule has 13 heavy (non-hydrogen) atoms.